The summed E-state index contributed by atoms with van der Waals surface area (Å²) in [5, 5.41) is 1.32. The van der Waals surface area contributed by atoms with E-state index in [1.807, 2.05) is 6.07 Å². The lowest BCUT2D eigenvalue weighted by Gasteiger charge is -2.19. The molecule has 2 aromatic carbocycles. The van der Waals surface area contributed by atoms with Crippen LogP contribution in [-0.4, -0.2) is 18.2 Å². The molecule has 126 valence electrons. The van der Waals surface area contributed by atoms with Crippen LogP contribution in [0.25, 0.3) is 10.9 Å². The number of nitrogens with zero attached hydrogens (tertiary/aromatic N) is 1. The second-order valence-corrected chi connectivity index (χ2v) is 6.34. The monoisotopic (exact) mass is 322 g/mol. The van der Waals surface area contributed by atoms with Crippen LogP contribution in [0.1, 0.15) is 29.5 Å². The molecule has 3 nitrogen and oxygen atoms in total. The van der Waals surface area contributed by atoms with E-state index < -0.39 is 0 Å². The lowest BCUT2D eigenvalue weighted by molar-refractivity contribution is 0.405. The van der Waals surface area contributed by atoms with Crippen LogP contribution in [0.4, 0.5) is 0 Å². The van der Waals surface area contributed by atoms with Crippen molar-refractivity contribution in [2.45, 2.75) is 32.7 Å². The summed E-state index contributed by atoms with van der Waals surface area (Å²) in [5.41, 5.74) is 11.2. The van der Waals surface area contributed by atoms with Crippen LogP contribution in [0.5, 0.6) is 5.75 Å². The molecule has 0 fully saturated rings. The summed E-state index contributed by atoms with van der Waals surface area (Å²) >= 11 is 0. The molecular formula is C21H26N2O. The Labute approximate surface area is 144 Å². The van der Waals surface area contributed by atoms with E-state index in [0.29, 0.717) is 6.54 Å². The van der Waals surface area contributed by atoms with Crippen molar-refractivity contribution in [3.63, 3.8) is 0 Å². The first kappa shape index (κ1) is 16.6. The fourth-order valence-corrected chi connectivity index (χ4v) is 3.51. The highest BCUT2D eigenvalue weighted by atomic mass is 16.5. The molecule has 0 amide bonds. The molecule has 0 aliphatic rings. The van der Waals surface area contributed by atoms with Gasteiger partial charge in [0.25, 0.3) is 0 Å². The fourth-order valence-electron chi connectivity index (χ4n) is 3.51. The molecule has 1 heterocycles. The van der Waals surface area contributed by atoms with Gasteiger partial charge in [-0.15, -0.1) is 0 Å². The third-order valence-corrected chi connectivity index (χ3v) is 4.79. The largest absolute Gasteiger partial charge is 0.496 e. The molecule has 0 saturated heterocycles. The summed E-state index contributed by atoms with van der Waals surface area (Å²) < 4.78 is 7.89. The van der Waals surface area contributed by atoms with E-state index in [9.17, 15) is 0 Å². The van der Waals surface area contributed by atoms with Gasteiger partial charge in [0.05, 0.1) is 7.11 Å². The molecule has 1 aromatic heterocycles. The van der Waals surface area contributed by atoms with Gasteiger partial charge in [-0.1, -0.05) is 35.9 Å². The minimum absolute atomic E-state index is 0.246. The van der Waals surface area contributed by atoms with Crippen molar-refractivity contribution < 1.29 is 4.74 Å². The van der Waals surface area contributed by atoms with Gasteiger partial charge in [0.2, 0.25) is 0 Å². The number of para-hydroxylation sites is 1. The Morgan fingerprint density at radius 1 is 1.17 bits per heavy atom. The summed E-state index contributed by atoms with van der Waals surface area (Å²) in [7, 11) is 1.73. The summed E-state index contributed by atoms with van der Waals surface area (Å²) in [6, 6.07) is 14.9. The second kappa shape index (κ2) is 7.10. The minimum Gasteiger partial charge on any atom is -0.496 e. The van der Waals surface area contributed by atoms with E-state index in [0.717, 1.165) is 18.7 Å². The molecule has 0 aliphatic heterocycles. The molecule has 2 N–H and O–H groups in total. The highest BCUT2D eigenvalue weighted by Crippen LogP contribution is 2.32. The van der Waals surface area contributed by atoms with Crippen LogP contribution >= 0.6 is 0 Å². The predicted molar refractivity (Wildman–Crippen MR) is 101 cm³/mol. The maximum Gasteiger partial charge on any atom is 0.122 e. The van der Waals surface area contributed by atoms with Gasteiger partial charge in [0, 0.05) is 29.6 Å². The molecule has 0 bridgehead atoms. The molecule has 3 heteroatoms. The fraction of sp³-hybridized carbons (Fsp3) is 0.333. The van der Waals surface area contributed by atoms with Crippen LogP contribution in [0.3, 0.4) is 0 Å². The Kier molecular flexibility index (Phi) is 4.91. The minimum atomic E-state index is 0.246. The Morgan fingerprint density at radius 2 is 1.96 bits per heavy atom. The number of hydrogen-bond acceptors (Lipinski definition) is 2. The average Bonchev–Trinajstić information content (AvgIpc) is 2.97. The number of rotatable bonds is 6. The zero-order chi connectivity index (χ0) is 17.1. The molecule has 3 aromatic rings. The van der Waals surface area contributed by atoms with Crippen LogP contribution in [0.15, 0.2) is 48.7 Å². The number of hydrogen-bond donors (Lipinski definition) is 1. The van der Waals surface area contributed by atoms with Crippen molar-refractivity contribution in [2.24, 2.45) is 5.73 Å². The van der Waals surface area contributed by atoms with Gasteiger partial charge in [-0.2, -0.15) is 0 Å². The van der Waals surface area contributed by atoms with E-state index in [2.05, 4.69) is 61.0 Å². The standard InChI is InChI=1S/C21H26N2O/c1-4-23-14-17(18-7-5-6-8-20(18)23)12-16(13-22)19-11-15(2)9-10-21(19)24-3/h5-11,14,16H,4,12-13,22H2,1-3H3. The number of fused-ring (bicyclic) bond motifs is 1. The molecule has 1 atom stereocenters. The van der Waals surface area contributed by atoms with Crippen molar-refractivity contribution in [3.05, 3.63) is 65.4 Å². The SMILES string of the molecule is CCn1cc(CC(CN)c2cc(C)ccc2OC)c2ccccc21. The normalized spacial score (nSPS) is 12.5. The number of aromatic nitrogens is 1. The smallest absolute Gasteiger partial charge is 0.122 e. The second-order valence-electron chi connectivity index (χ2n) is 6.34. The van der Waals surface area contributed by atoms with Crippen molar-refractivity contribution in [2.75, 3.05) is 13.7 Å². The first-order chi connectivity index (χ1) is 11.7. The number of benzene rings is 2. The maximum absolute atomic E-state index is 6.15. The van der Waals surface area contributed by atoms with E-state index >= 15 is 0 Å². The van der Waals surface area contributed by atoms with Crippen LogP contribution in [0.2, 0.25) is 0 Å². The molecule has 0 spiro atoms. The van der Waals surface area contributed by atoms with Gasteiger partial charge >= 0.3 is 0 Å². The molecule has 0 saturated carbocycles. The van der Waals surface area contributed by atoms with Gasteiger partial charge in [-0.25, -0.2) is 0 Å². The van der Waals surface area contributed by atoms with Gasteiger partial charge in [0.1, 0.15) is 5.75 Å². The van der Waals surface area contributed by atoms with Crippen LogP contribution < -0.4 is 10.5 Å². The molecule has 1 unspecified atom stereocenters. The Balaban J connectivity index is 2.01. The topological polar surface area (TPSA) is 40.2 Å². The summed E-state index contributed by atoms with van der Waals surface area (Å²) in [4.78, 5) is 0. The number of aryl methyl sites for hydroxylation is 2. The number of methoxy groups -OCH3 is 1. The predicted octanol–water partition coefficient (Wildman–Crippen LogP) is 4.26. The lowest BCUT2D eigenvalue weighted by Crippen LogP contribution is -2.16. The third kappa shape index (κ3) is 3.04. The number of ether oxygens (including phenoxy) is 1. The zero-order valence-electron chi connectivity index (χ0n) is 14.8. The first-order valence-corrected chi connectivity index (χ1v) is 8.59. The van der Waals surface area contributed by atoms with Crippen molar-refractivity contribution >= 4 is 10.9 Å². The molecule has 0 aliphatic carbocycles. The highest BCUT2D eigenvalue weighted by molar-refractivity contribution is 5.84. The van der Waals surface area contributed by atoms with Crippen LogP contribution in [0, 0.1) is 6.92 Å². The quantitative estimate of drug-likeness (QED) is 0.736. The van der Waals surface area contributed by atoms with Crippen molar-refractivity contribution in [1.29, 1.82) is 0 Å². The highest BCUT2D eigenvalue weighted by Gasteiger charge is 2.18. The Morgan fingerprint density at radius 3 is 2.67 bits per heavy atom. The average molecular weight is 322 g/mol. The van der Waals surface area contributed by atoms with Gasteiger partial charge in [-0.3, -0.25) is 0 Å². The van der Waals surface area contributed by atoms with Gasteiger partial charge < -0.3 is 15.0 Å². The summed E-state index contributed by atoms with van der Waals surface area (Å²) in [6.45, 7) is 5.87. The van der Waals surface area contributed by atoms with Crippen molar-refractivity contribution in [3.8, 4) is 5.75 Å². The van der Waals surface area contributed by atoms with Gasteiger partial charge in [0.15, 0.2) is 0 Å². The summed E-state index contributed by atoms with van der Waals surface area (Å²) in [5.74, 6) is 1.17. The van der Waals surface area contributed by atoms with Crippen molar-refractivity contribution in [1.82, 2.24) is 4.57 Å². The Bertz CT molecular complexity index is 835. The molecule has 0 radical (unpaired) electrons. The maximum atomic E-state index is 6.15. The molecule has 24 heavy (non-hydrogen) atoms. The Hall–Kier alpha value is -2.26. The van der Waals surface area contributed by atoms with E-state index in [4.69, 9.17) is 10.5 Å². The molecular weight excluding hydrogens is 296 g/mol. The van der Waals surface area contributed by atoms with Gasteiger partial charge in [-0.05, 0) is 50.1 Å². The molecule has 3 rings (SSSR count). The first-order valence-electron chi connectivity index (χ1n) is 8.59. The van der Waals surface area contributed by atoms with Crippen LogP contribution in [-0.2, 0) is 13.0 Å². The zero-order valence-corrected chi connectivity index (χ0v) is 14.8. The number of nitrogens with two attached hydrogens (primary N) is 1. The van der Waals surface area contributed by atoms with E-state index in [1.54, 1.807) is 7.11 Å². The van der Waals surface area contributed by atoms with E-state index in [1.165, 1.54) is 27.6 Å². The van der Waals surface area contributed by atoms with E-state index in [-0.39, 0.29) is 5.92 Å². The lowest BCUT2D eigenvalue weighted by atomic mass is 9.90. The summed E-state index contributed by atoms with van der Waals surface area (Å²) in [6.07, 6.45) is 3.19. The third-order valence-electron chi connectivity index (χ3n) is 4.79.